The zero-order chi connectivity index (χ0) is 13.7. The van der Waals surface area contributed by atoms with E-state index in [1.807, 2.05) is 0 Å². The van der Waals surface area contributed by atoms with Crippen LogP contribution in [0, 0.1) is 6.92 Å². The second kappa shape index (κ2) is 5.85. The van der Waals surface area contributed by atoms with E-state index in [4.69, 9.17) is 10.3 Å². The van der Waals surface area contributed by atoms with Gasteiger partial charge in [-0.15, -0.1) is 0 Å². The number of carbonyl (C=O) groups excluding carboxylic acids is 1. The van der Waals surface area contributed by atoms with Gasteiger partial charge in [0.2, 0.25) is 5.89 Å². The van der Waals surface area contributed by atoms with Gasteiger partial charge in [-0.3, -0.25) is 0 Å². The highest BCUT2D eigenvalue weighted by Crippen LogP contribution is 2.09. The van der Waals surface area contributed by atoms with Gasteiger partial charge in [-0.1, -0.05) is 5.16 Å². The van der Waals surface area contributed by atoms with E-state index in [1.165, 1.54) is 0 Å². The Morgan fingerprint density at radius 2 is 2.11 bits per heavy atom. The van der Waals surface area contributed by atoms with Crippen LogP contribution >= 0.6 is 0 Å². The summed E-state index contributed by atoms with van der Waals surface area (Å²) in [5, 5.41) is 9.13. The summed E-state index contributed by atoms with van der Waals surface area (Å²) in [4.78, 5) is 15.6. The number of nitrogens with one attached hydrogen (secondary N) is 2. The van der Waals surface area contributed by atoms with Crippen LogP contribution in [-0.2, 0) is 6.42 Å². The van der Waals surface area contributed by atoms with Crippen molar-refractivity contribution in [3.05, 3.63) is 36.0 Å². The third-order valence-corrected chi connectivity index (χ3v) is 2.37. The highest BCUT2D eigenvalue weighted by Gasteiger charge is 2.04. The fourth-order valence-electron chi connectivity index (χ4n) is 1.47. The van der Waals surface area contributed by atoms with Crippen LogP contribution in [-0.4, -0.2) is 22.7 Å². The molecule has 1 aromatic carbocycles. The van der Waals surface area contributed by atoms with E-state index in [-0.39, 0.29) is 6.03 Å². The first-order valence-corrected chi connectivity index (χ1v) is 5.83. The van der Waals surface area contributed by atoms with Crippen LogP contribution in [0.2, 0.25) is 0 Å². The van der Waals surface area contributed by atoms with E-state index in [2.05, 4.69) is 20.8 Å². The third-order valence-electron chi connectivity index (χ3n) is 2.37. The zero-order valence-corrected chi connectivity index (χ0v) is 10.5. The maximum atomic E-state index is 11.6. The molecule has 0 saturated carbocycles. The first-order valence-electron chi connectivity index (χ1n) is 5.83. The number of benzene rings is 1. The predicted molar refractivity (Wildman–Crippen MR) is 70.6 cm³/mol. The summed E-state index contributed by atoms with van der Waals surface area (Å²) in [6.07, 6.45) is 0.520. The van der Waals surface area contributed by atoms with Gasteiger partial charge in [0.15, 0.2) is 5.82 Å². The average Bonchev–Trinajstić information content (AvgIpc) is 2.78. The molecule has 1 heterocycles. The van der Waals surface area contributed by atoms with Crippen molar-refractivity contribution in [2.75, 3.05) is 17.6 Å². The number of carbonyl (C=O) groups is 1. The van der Waals surface area contributed by atoms with E-state index < -0.39 is 0 Å². The molecule has 4 N–H and O–H groups in total. The molecule has 1 aromatic heterocycles. The third kappa shape index (κ3) is 3.98. The molecule has 0 saturated heterocycles. The van der Waals surface area contributed by atoms with Gasteiger partial charge in [0, 0.05) is 31.3 Å². The molecular formula is C12H15N5O2. The van der Waals surface area contributed by atoms with E-state index in [0.29, 0.717) is 36.1 Å². The van der Waals surface area contributed by atoms with Crippen molar-refractivity contribution in [3.8, 4) is 0 Å². The van der Waals surface area contributed by atoms with Crippen LogP contribution in [0.3, 0.4) is 0 Å². The normalized spacial score (nSPS) is 10.2. The number of rotatable bonds is 4. The van der Waals surface area contributed by atoms with Crippen molar-refractivity contribution in [1.29, 1.82) is 0 Å². The number of hydrogen-bond donors (Lipinski definition) is 3. The molecule has 2 rings (SSSR count). The Balaban J connectivity index is 1.74. The Labute approximate surface area is 110 Å². The molecule has 0 bridgehead atoms. The lowest BCUT2D eigenvalue weighted by Gasteiger charge is -2.06. The van der Waals surface area contributed by atoms with Crippen LogP contribution < -0.4 is 16.4 Å². The number of hydrogen-bond acceptors (Lipinski definition) is 5. The van der Waals surface area contributed by atoms with Gasteiger partial charge >= 0.3 is 6.03 Å². The lowest BCUT2D eigenvalue weighted by atomic mass is 10.3. The average molecular weight is 261 g/mol. The topological polar surface area (TPSA) is 106 Å². The summed E-state index contributed by atoms with van der Waals surface area (Å²) in [6, 6.07) is 6.62. The second-order valence-electron chi connectivity index (χ2n) is 3.98. The molecule has 0 aliphatic rings. The predicted octanol–water partition coefficient (Wildman–Crippen LogP) is 1.32. The van der Waals surface area contributed by atoms with Gasteiger partial charge in [-0.05, 0) is 24.3 Å². The fraction of sp³-hybridized carbons (Fsp3) is 0.250. The number of aromatic nitrogens is 2. The van der Waals surface area contributed by atoms with Gasteiger partial charge in [-0.25, -0.2) is 4.79 Å². The zero-order valence-electron chi connectivity index (χ0n) is 10.5. The van der Waals surface area contributed by atoms with E-state index in [9.17, 15) is 4.79 Å². The molecule has 0 spiro atoms. The highest BCUT2D eigenvalue weighted by atomic mass is 16.5. The number of urea groups is 1. The summed E-state index contributed by atoms with van der Waals surface area (Å²) in [7, 11) is 0. The summed E-state index contributed by atoms with van der Waals surface area (Å²) < 4.78 is 4.83. The molecule has 0 fully saturated rings. The van der Waals surface area contributed by atoms with Gasteiger partial charge in [0.05, 0.1) is 0 Å². The van der Waals surface area contributed by atoms with Crippen molar-refractivity contribution in [2.45, 2.75) is 13.3 Å². The van der Waals surface area contributed by atoms with Gasteiger partial charge < -0.3 is 20.9 Å². The van der Waals surface area contributed by atoms with Crippen LogP contribution in [0.4, 0.5) is 16.2 Å². The van der Waals surface area contributed by atoms with Crippen molar-refractivity contribution >= 4 is 17.4 Å². The molecule has 7 heteroatoms. The van der Waals surface area contributed by atoms with Crippen molar-refractivity contribution in [1.82, 2.24) is 15.5 Å². The maximum Gasteiger partial charge on any atom is 0.319 e. The Kier molecular flexibility index (Phi) is 3.97. The number of nitrogen functional groups attached to an aromatic ring is 1. The van der Waals surface area contributed by atoms with Crippen molar-refractivity contribution in [2.24, 2.45) is 0 Å². The monoisotopic (exact) mass is 261 g/mol. The van der Waals surface area contributed by atoms with E-state index >= 15 is 0 Å². The molecule has 19 heavy (non-hydrogen) atoms. The van der Waals surface area contributed by atoms with Crippen LogP contribution in [0.1, 0.15) is 11.7 Å². The Bertz CT molecular complexity index is 550. The fourth-order valence-corrected chi connectivity index (χ4v) is 1.47. The second-order valence-corrected chi connectivity index (χ2v) is 3.98. The number of anilines is 2. The highest BCUT2D eigenvalue weighted by molar-refractivity contribution is 5.89. The van der Waals surface area contributed by atoms with Crippen LogP contribution in [0.5, 0.6) is 0 Å². The number of amides is 2. The van der Waals surface area contributed by atoms with Crippen LogP contribution in [0.25, 0.3) is 0 Å². The molecule has 100 valence electrons. The SMILES string of the molecule is Cc1nc(CCNC(=O)Nc2ccc(N)cc2)no1. The summed E-state index contributed by atoms with van der Waals surface area (Å²) in [5.41, 5.74) is 6.89. The van der Waals surface area contributed by atoms with E-state index in [1.54, 1.807) is 31.2 Å². The standard InChI is InChI=1S/C12H15N5O2/c1-8-15-11(17-19-8)6-7-14-12(18)16-10-4-2-9(13)3-5-10/h2-5H,6-7,13H2,1H3,(H2,14,16,18). The molecule has 0 unspecified atom stereocenters. The number of aryl methyl sites for hydroxylation is 1. The lowest BCUT2D eigenvalue weighted by molar-refractivity contribution is 0.252. The van der Waals surface area contributed by atoms with Gasteiger partial charge in [0.1, 0.15) is 0 Å². The molecule has 0 atom stereocenters. The first-order chi connectivity index (χ1) is 9.13. The largest absolute Gasteiger partial charge is 0.399 e. The molecule has 0 radical (unpaired) electrons. The summed E-state index contributed by atoms with van der Waals surface area (Å²) in [6.45, 7) is 2.15. The number of nitrogens with zero attached hydrogens (tertiary/aromatic N) is 2. The van der Waals surface area contributed by atoms with Crippen molar-refractivity contribution < 1.29 is 9.32 Å². The maximum absolute atomic E-state index is 11.6. The summed E-state index contributed by atoms with van der Waals surface area (Å²) in [5.74, 6) is 1.09. The van der Waals surface area contributed by atoms with Crippen LogP contribution in [0.15, 0.2) is 28.8 Å². The van der Waals surface area contributed by atoms with E-state index in [0.717, 1.165) is 0 Å². The quantitative estimate of drug-likeness (QED) is 0.720. The molecule has 0 aliphatic heterocycles. The molecule has 7 nitrogen and oxygen atoms in total. The minimum Gasteiger partial charge on any atom is -0.399 e. The molecule has 0 aliphatic carbocycles. The minimum absolute atomic E-state index is 0.287. The molecule has 2 amide bonds. The summed E-state index contributed by atoms with van der Waals surface area (Å²) >= 11 is 0. The molecule has 2 aromatic rings. The Morgan fingerprint density at radius 3 is 2.74 bits per heavy atom. The smallest absolute Gasteiger partial charge is 0.319 e. The number of nitrogens with two attached hydrogens (primary N) is 1. The van der Waals surface area contributed by atoms with Crippen molar-refractivity contribution in [3.63, 3.8) is 0 Å². The Morgan fingerprint density at radius 1 is 1.37 bits per heavy atom. The molecular weight excluding hydrogens is 246 g/mol. The minimum atomic E-state index is -0.287. The van der Waals surface area contributed by atoms with Gasteiger partial charge in [-0.2, -0.15) is 4.98 Å². The lowest BCUT2D eigenvalue weighted by Crippen LogP contribution is -2.30. The first kappa shape index (κ1) is 12.9. The van der Waals surface area contributed by atoms with Gasteiger partial charge in [0.25, 0.3) is 0 Å². The Hall–Kier alpha value is -2.57.